The highest BCUT2D eigenvalue weighted by Gasteiger charge is 2.32. The number of ether oxygens (including phenoxy) is 1. The summed E-state index contributed by atoms with van der Waals surface area (Å²) in [6.07, 6.45) is -4.67. The van der Waals surface area contributed by atoms with E-state index in [2.05, 4.69) is 25.1 Å². The number of benzene rings is 1. The van der Waals surface area contributed by atoms with E-state index in [4.69, 9.17) is 0 Å². The molecule has 4 rings (SSSR count). The molecule has 0 bridgehead atoms. The highest BCUT2D eigenvalue weighted by atomic mass is 32.1. The molecule has 0 aliphatic carbocycles. The van der Waals surface area contributed by atoms with Crippen LogP contribution in [0, 0.1) is 13.8 Å². The lowest BCUT2D eigenvalue weighted by Gasteiger charge is -2.12. The Bertz CT molecular complexity index is 1180. The van der Waals surface area contributed by atoms with E-state index in [0.717, 1.165) is 28.5 Å². The second kappa shape index (κ2) is 7.14. The minimum absolute atomic E-state index is 0.1000. The molecule has 0 fully saturated rings. The maximum Gasteiger partial charge on any atom is 0.573 e. The van der Waals surface area contributed by atoms with Crippen molar-refractivity contribution in [3.63, 3.8) is 0 Å². The molecule has 0 unspecified atom stereocenters. The molecule has 0 amide bonds. The molecule has 0 aliphatic heterocycles. The Morgan fingerprint density at radius 3 is 2.55 bits per heavy atom. The van der Waals surface area contributed by atoms with Gasteiger partial charge in [-0.05, 0) is 26.8 Å². The van der Waals surface area contributed by atoms with Gasteiger partial charge in [-0.25, -0.2) is 0 Å². The van der Waals surface area contributed by atoms with Crippen LogP contribution in [0.25, 0.3) is 15.5 Å². The van der Waals surface area contributed by atoms with Gasteiger partial charge in [0.2, 0.25) is 4.96 Å². The lowest BCUT2D eigenvalue weighted by Crippen LogP contribution is -2.18. The maximum atomic E-state index is 12.7. The number of aromatic nitrogens is 6. The molecular weight excluding hydrogens is 405 g/mol. The summed E-state index contributed by atoms with van der Waals surface area (Å²) in [7, 11) is 0. The van der Waals surface area contributed by atoms with E-state index in [0.29, 0.717) is 16.3 Å². The molecule has 29 heavy (non-hydrogen) atoms. The Morgan fingerprint density at radius 1 is 1.10 bits per heavy atom. The summed E-state index contributed by atoms with van der Waals surface area (Å²) in [5.74, 6) is 0.169. The first-order valence-corrected chi connectivity index (χ1v) is 9.67. The van der Waals surface area contributed by atoms with Crippen molar-refractivity contribution in [2.45, 2.75) is 40.1 Å². The molecule has 0 atom stereocenters. The van der Waals surface area contributed by atoms with Crippen LogP contribution in [0.15, 0.2) is 24.3 Å². The normalized spacial score (nSPS) is 12.1. The Hall–Kier alpha value is -2.95. The highest BCUT2D eigenvalue weighted by Crippen LogP contribution is 2.32. The van der Waals surface area contributed by atoms with Crippen molar-refractivity contribution in [2.24, 2.45) is 0 Å². The van der Waals surface area contributed by atoms with Gasteiger partial charge in [0.25, 0.3) is 0 Å². The zero-order chi connectivity index (χ0) is 20.8. The third-order valence-electron chi connectivity index (χ3n) is 4.50. The second-order valence-electron chi connectivity index (χ2n) is 6.41. The average molecular weight is 422 g/mol. The first kappa shape index (κ1) is 19.4. The topological polar surface area (TPSA) is 70.1 Å². The standard InChI is InChI=1S/C18H17F3N6OS/c1-4-26-11(3)15(10(2)24-26)16-25-27-14(22-23-17(27)29-16)9-12-7-5-6-8-13(12)28-18(19,20)21/h5-8H,4,9H2,1-3H3. The van der Waals surface area contributed by atoms with E-state index in [-0.39, 0.29) is 12.2 Å². The van der Waals surface area contributed by atoms with Crippen LogP contribution in [0.1, 0.15) is 29.7 Å². The smallest absolute Gasteiger partial charge is 0.405 e. The second-order valence-corrected chi connectivity index (χ2v) is 7.37. The Balaban J connectivity index is 1.71. The van der Waals surface area contributed by atoms with Crippen LogP contribution in [0.3, 0.4) is 0 Å². The molecule has 3 aromatic heterocycles. The zero-order valence-corrected chi connectivity index (χ0v) is 16.7. The molecule has 0 radical (unpaired) electrons. The predicted octanol–water partition coefficient (Wildman–Crippen LogP) is 4.18. The van der Waals surface area contributed by atoms with E-state index in [1.54, 1.807) is 16.6 Å². The summed E-state index contributed by atoms with van der Waals surface area (Å²) in [6.45, 7) is 6.66. The Labute approximate surface area is 167 Å². The number of halogens is 3. The van der Waals surface area contributed by atoms with Gasteiger partial charge in [-0.15, -0.1) is 23.4 Å². The van der Waals surface area contributed by atoms with E-state index in [9.17, 15) is 13.2 Å². The van der Waals surface area contributed by atoms with Crippen LogP contribution in [0.4, 0.5) is 13.2 Å². The number of hydrogen-bond donors (Lipinski definition) is 0. The summed E-state index contributed by atoms with van der Waals surface area (Å²) >= 11 is 1.36. The molecule has 4 aromatic rings. The van der Waals surface area contributed by atoms with Gasteiger partial charge in [-0.3, -0.25) is 4.68 Å². The summed E-state index contributed by atoms with van der Waals surface area (Å²) in [5, 5.41) is 18.1. The number of aryl methyl sites for hydroxylation is 2. The molecular formula is C18H17F3N6OS. The van der Waals surface area contributed by atoms with Gasteiger partial charge in [0.15, 0.2) is 10.8 Å². The van der Waals surface area contributed by atoms with Crippen molar-refractivity contribution in [1.29, 1.82) is 0 Å². The van der Waals surface area contributed by atoms with Crippen molar-refractivity contribution in [3.05, 3.63) is 47.0 Å². The van der Waals surface area contributed by atoms with E-state index >= 15 is 0 Å². The third kappa shape index (κ3) is 3.69. The number of alkyl halides is 3. The predicted molar refractivity (Wildman–Crippen MR) is 101 cm³/mol. The van der Waals surface area contributed by atoms with Gasteiger partial charge in [0.05, 0.1) is 11.3 Å². The lowest BCUT2D eigenvalue weighted by atomic mass is 10.1. The van der Waals surface area contributed by atoms with Gasteiger partial charge in [0.1, 0.15) is 5.75 Å². The van der Waals surface area contributed by atoms with E-state index in [1.165, 1.54) is 23.5 Å². The first-order valence-electron chi connectivity index (χ1n) is 8.86. The van der Waals surface area contributed by atoms with E-state index < -0.39 is 6.36 Å². The Morgan fingerprint density at radius 2 is 1.86 bits per heavy atom. The number of fused-ring (bicyclic) bond motifs is 1. The number of para-hydroxylation sites is 1. The summed E-state index contributed by atoms with van der Waals surface area (Å²) < 4.78 is 45.6. The first-order chi connectivity index (χ1) is 13.8. The van der Waals surface area contributed by atoms with Crippen LogP contribution in [-0.4, -0.2) is 36.0 Å². The van der Waals surface area contributed by atoms with Gasteiger partial charge < -0.3 is 4.74 Å². The minimum Gasteiger partial charge on any atom is -0.405 e. The molecule has 0 spiro atoms. The molecule has 11 heteroatoms. The fraction of sp³-hybridized carbons (Fsp3) is 0.333. The van der Waals surface area contributed by atoms with Gasteiger partial charge in [-0.2, -0.15) is 14.7 Å². The van der Waals surface area contributed by atoms with Crippen LogP contribution in [0.5, 0.6) is 5.75 Å². The van der Waals surface area contributed by atoms with Crippen molar-refractivity contribution in [3.8, 4) is 16.3 Å². The third-order valence-corrected chi connectivity index (χ3v) is 5.41. The highest BCUT2D eigenvalue weighted by molar-refractivity contribution is 7.19. The molecule has 1 aromatic carbocycles. The van der Waals surface area contributed by atoms with Gasteiger partial charge in [0, 0.05) is 24.2 Å². The van der Waals surface area contributed by atoms with Gasteiger partial charge in [-0.1, -0.05) is 29.5 Å². The average Bonchev–Trinajstić information content (AvgIpc) is 3.29. The molecule has 0 saturated carbocycles. The van der Waals surface area contributed by atoms with Crippen LogP contribution >= 0.6 is 11.3 Å². The SMILES string of the molecule is CCn1nc(C)c(-c2nn3c(Cc4ccccc4OC(F)(F)F)nnc3s2)c1C. The maximum absolute atomic E-state index is 12.7. The number of rotatable bonds is 5. The fourth-order valence-corrected chi connectivity index (χ4v) is 4.23. The minimum atomic E-state index is -4.77. The molecule has 3 heterocycles. The van der Waals surface area contributed by atoms with Crippen LogP contribution in [-0.2, 0) is 13.0 Å². The van der Waals surface area contributed by atoms with Crippen LogP contribution in [0.2, 0.25) is 0 Å². The van der Waals surface area contributed by atoms with Crippen LogP contribution < -0.4 is 4.74 Å². The quantitative estimate of drug-likeness (QED) is 0.483. The summed E-state index contributed by atoms with van der Waals surface area (Å²) in [5.41, 5.74) is 3.15. The fourth-order valence-electron chi connectivity index (χ4n) is 3.23. The summed E-state index contributed by atoms with van der Waals surface area (Å²) in [4.78, 5) is 0.562. The molecule has 0 N–H and O–H groups in total. The largest absolute Gasteiger partial charge is 0.573 e. The zero-order valence-electron chi connectivity index (χ0n) is 15.9. The molecule has 0 aliphatic rings. The van der Waals surface area contributed by atoms with Gasteiger partial charge >= 0.3 is 6.36 Å². The molecule has 7 nitrogen and oxygen atoms in total. The number of hydrogen-bond acceptors (Lipinski definition) is 6. The monoisotopic (exact) mass is 422 g/mol. The molecule has 0 saturated heterocycles. The van der Waals surface area contributed by atoms with E-state index in [1.807, 2.05) is 25.5 Å². The van der Waals surface area contributed by atoms with Crippen molar-refractivity contribution in [1.82, 2.24) is 29.6 Å². The lowest BCUT2D eigenvalue weighted by molar-refractivity contribution is -0.274. The Kier molecular flexibility index (Phi) is 4.77. The van der Waals surface area contributed by atoms with Crippen molar-refractivity contribution in [2.75, 3.05) is 0 Å². The molecule has 152 valence electrons. The summed E-state index contributed by atoms with van der Waals surface area (Å²) in [6, 6.07) is 5.98. The van der Waals surface area contributed by atoms with Crippen molar-refractivity contribution < 1.29 is 17.9 Å². The number of nitrogens with zero attached hydrogens (tertiary/aromatic N) is 6. The van der Waals surface area contributed by atoms with Crippen molar-refractivity contribution >= 4 is 16.3 Å².